The summed E-state index contributed by atoms with van der Waals surface area (Å²) in [5, 5.41) is 2.80. The SMILES string of the molecule is O=C1CCCc2cc(S(=O)(=O)NC[C@H]3CCCO3)ccc2N1. The standard InChI is InChI=1S/C15H20N2O4S/c18-15-5-1-3-11-9-13(6-7-14(11)17-15)22(19,20)16-10-12-4-2-8-21-12/h6-7,9,12,16H,1-5,8,10H2,(H,17,18)/t12-/m1/s1. The van der Waals surface area contributed by atoms with Gasteiger partial charge in [0.2, 0.25) is 15.9 Å². The molecule has 0 unspecified atom stereocenters. The van der Waals surface area contributed by atoms with Crippen molar-refractivity contribution in [1.29, 1.82) is 0 Å². The molecule has 1 saturated heterocycles. The summed E-state index contributed by atoms with van der Waals surface area (Å²) in [6, 6.07) is 4.85. The summed E-state index contributed by atoms with van der Waals surface area (Å²) in [5.74, 6) is -0.0223. The van der Waals surface area contributed by atoms with Gasteiger partial charge in [0.1, 0.15) is 0 Å². The molecule has 2 aliphatic heterocycles. The molecule has 2 N–H and O–H groups in total. The lowest BCUT2D eigenvalue weighted by molar-refractivity contribution is -0.116. The quantitative estimate of drug-likeness (QED) is 0.877. The molecule has 0 saturated carbocycles. The molecule has 3 rings (SSSR count). The Kier molecular flexibility index (Phi) is 4.46. The van der Waals surface area contributed by atoms with Crippen molar-refractivity contribution in [2.24, 2.45) is 0 Å². The summed E-state index contributed by atoms with van der Waals surface area (Å²) in [6.07, 6.45) is 3.72. The van der Waals surface area contributed by atoms with E-state index in [1.54, 1.807) is 12.1 Å². The average Bonchev–Trinajstić information content (AvgIpc) is 2.93. The molecule has 120 valence electrons. The Hall–Kier alpha value is -1.44. The van der Waals surface area contributed by atoms with Crippen molar-refractivity contribution in [2.75, 3.05) is 18.5 Å². The fraction of sp³-hybridized carbons (Fsp3) is 0.533. The van der Waals surface area contributed by atoms with Crippen LogP contribution in [0.3, 0.4) is 0 Å². The fourth-order valence-electron chi connectivity index (χ4n) is 2.81. The normalized spacial score (nSPS) is 22.0. The van der Waals surface area contributed by atoms with Gasteiger partial charge in [0.15, 0.2) is 0 Å². The molecule has 2 aliphatic rings. The second-order valence-corrected chi connectivity index (χ2v) is 7.47. The molecule has 0 bridgehead atoms. The minimum Gasteiger partial charge on any atom is -0.377 e. The second-order valence-electron chi connectivity index (χ2n) is 5.71. The number of amides is 1. The number of carbonyl (C=O) groups excluding carboxylic acids is 1. The van der Waals surface area contributed by atoms with Gasteiger partial charge in [-0.15, -0.1) is 0 Å². The first-order valence-electron chi connectivity index (χ1n) is 7.59. The van der Waals surface area contributed by atoms with Crippen LogP contribution in [0.25, 0.3) is 0 Å². The summed E-state index contributed by atoms with van der Waals surface area (Å²) in [5.41, 5.74) is 1.58. The van der Waals surface area contributed by atoms with E-state index < -0.39 is 10.0 Å². The van der Waals surface area contributed by atoms with Crippen molar-refractivity contribution in [3.63, 3.8) is 0 Å². The van der Waals surface area contributed by atoms with Crippen LogP contribution in [0.5, 0.6) is 0 Å². The van der Waals surface area contributed by atoms with Gasteiger partial charge in [-0.1, -0.05) is 0 Å². The first-order chi connectivity index (χ1) is 10.5. The van der Waals surface area contributed by atoms with Gasteiger partial charge in [-0.2, -0.15) is 0 Å². The third kappa shape index (κ3) is 3.48. The van der Waals surface area contributed by atoms with Gasteiger partial charge >= 0.3 is 0 Å². The van der Waals surface area contributed by atoms with Crippen molar-refractivity contribution in [2.45, 2.75) is 43.1 Å². The molecule has 2 heterocycles. The van der Waals surface area contributed by atoms with Gasteiger partial charge < -0.3 is 10.1 Å². The van der Waals surface area contributed by atoms with Crippen molar-refractivity contribution in [3.8, 4) is 0 Å². The molecule has 6 nitrogen and oxygen atoms in total. The molecule has 1 aromatic rings. The number of hydrogen-bond donors (Lipinski definition) is 2. The van der Waals surface area contributed by atoms with Crippen LogP contribution in [-0.4, -0.2) is 33.6 Å². The van der Waals surface area contributed by atoms with Crippen molar-refractivity contribution >= 4 is 21.6 Å². The third-order valence-corrected chi connectivity index (χ3v) is 5.46. The monoisotopic (exact) mass is 324 g/mol. The Labute approximate surface area is 130 Å². The topological polar surface area (TPSA) is 84.5 Å². The maximum absolute atomic E-state index is 12.4. The van der Waals surface area contributed by atoms with E-state index in [4.69, 9.17) is 4.74 Å². The average molecular weight is 324 g/mol. The minimum absolute atomic E-state index is 0.0223. The molecule has 7 heteroatoms. The first-order valence-corrected chi connectivity index (χ1v) is 9.07. The van der Waals surface area contributed by atoms with E-state index in [9.17, 15) is 13.2 Å². The molecule has 0 aromatic heterocycles. The Morgan fingerprint density at radius 1 is 1.27 bits per heavy atom. The number of nitrogens with one attached hydrogen (secondary N) is 2. The molecule has 0 aliphatic carbocycles. The lowest BCUT2D eigenvalue weighted by Gasteiger charge is -2.13. The predicted octanol–water partition coefficient (Wildman–Crippen LogP) is 1.42. The number of sulfonamides is 1. The van der Waals surface area contributed by atoms with Crippen LogP contribution in [0.2, 0.25) is 0 Å². The molecule has 1 amide bonds. The van der Waals surface area contributed by atoms with Gasteiger partial charge in [0.05, 0.1) is 11.0 Å². The third-order valence-electron chi connectivity index (χ3n) is 4.04. The van der Waals surface area contributed by atoms with E-state index in [1.165, 1.54) is 6.07 Å². The number of rotatable bonds is 4. The van der Waals surface area contributed by atoms with E-state index in [0.29, 0.717) is 31.7 Å². The molecular formula is C15H20N2O4S. The first kappa shape index (κ1) is 15.5. The highest BCUT2D eigenvalue weighted by Gasteiger charge is 2.22. The number of hydrogen-bond acceptors (Lipinski definition) is 4. The number of anilines is 1. The van der Waals surface area contributed by atoms with Crippen LogP contribution in [-0.2, 0) is 26.0 Å². The zero-order valence-electron chi connectivity index (χ0n) is 12.3. The van der Waals surface area contributed by atoms with Crippen LogP contribution in [0, 0.1) is 0 Å². The van der Waals surface area contributed by atoms with Crippen molar-refractivity contribution in [1.82, 2.24) is 4.72 Å². The van der Waals surface area contributed by atoms with E-state index >= 15 is 0 Å². The summed E-state index contributed by atoms with van der Waals surface area (Å²) in [6.45, 7) is 1.00. The van der Waals surface area contributed by atoms with Gasteiger partial charge in [0.25, 0.3) is 0 Å². The molecule has 1 fully saturated rings. The highest BCUT2D eigenvalue weighted by Crippen LogP contribution is 2.25. The van der Waals surface area contributed by atoms with Crippen LogP contribution in [0.4, 0.5) is 5.69 Å². The van der Waals surface area contributed by atoms with Crippen LogP contribution >= 0.6 is 0 Å². The van der Waals surface area contributed by atoms with Crippen LogP contribution in [0.1, 0.15) is 31.2 Å². The molecule has 0 radical (unpaired) electrons. The van der Waals surface area contributed by atoms with Crippen molar-refractivity contribution < 1.29 is 17.9 Å². The van der Waals surface area contributed by atoms with Gasteiger partial charge in [-0.25, -0.2) is 13.1 Å². The molecular weight excluding hydrogens is 304 g/mol. The largest absolute Gasteiger partial charge is 0.377 e. The summed E-state index contributed by atoms with van der Waals surface area (Å²) in [4.78, 5) is 11.8. The lowest BCUT2D eigenvalue weighted by Crippen LogP contribution is -2.31. The summed E-state index contributed by atoms with van der Waals surface area (Å²) in [7, 11) is -3.55. The van der Waals surface area contributed by atoms with Gasteiger partial charge in [-0.05, 0) is 49.4 Å². The second kappa shape index (κ2) is 6.36. The molecule has 22 heavy (non-hydrogen) atoms. The Balaban J connectivity index is 1.75. The van der Waals surface area contributed by atoms with E-state index in [-0.39, 0.29) is 16.9 Å². The molecule has 1 atom stereocenters. The van der Waals surface area contributed by atoms with Crippen molar-refractivity contribution in [3.05, 3.63) is 23.8 Å². The zero-order valence-corrected chi connectivity index (χ0v) is 13.1. The zero-order chi connectivity index (χ0) is 15.6. The number of fused-ring (bicyclic) bond motifs is 1. The summed E-state index contributed by atoms with van der Waals surface area (Å²) >= 11 is 0. The lowest BCUT2D eigenvalue weighted by atomic mass is 10.1. The Bertz CT molecular complexity index is 666. The van der Waals surface area contributed by atoms with Crippen LogP contribution in [0.15, 0.2) is 23.1 Å². The minimum atomic E-state index is -3.55. The number of aryl methyl sites for hydroxylation is 1. The smallest absolute Gasteiger partial charge is 0.240 e. The Morgan fingerprint density at radius 3 is 2.91 bits per heavy atom. The summed E-state index contributed by atoms with van der Waals surface area (Å²) < 4.78 is 32.8. The molecule has 1 aromatic carbocycles. The molecule has 0 spiro atoms. The van der Waals surface area contributed by atoms with Gasteiger partial charge in [-0.3, -0.25) is 4.79 Å². The van der Waals surface area contributed by atoms with Crippen LogP contribution < -0.4 is 10.0 Å². The van der Waals surface area contributed by atoms with E-state index in [1.807, 2.05) is 0 Å². The highest BCUT2D eigenvalue weighted by atomic mass is 32.2. The maximum atomic E-state index is 12.4. The predicted molar refractivity (Wildman–Crippen MR) is 82.2 cm³/mol. The fourth-order valence-corrected chi connectivity index (χ4v) is 3.93. The van der Waals surface area contributed by atoms with Gasteiger partial charge in [0, 0.05) is 25.3 Å². The van der Waals surface area contributed by atoms with E-state index in [0.717, 1.165) is 24.8 Å². The number of benzene rings is 1. The van der Waals surface area contributed by atoms with E-state index in [2.05, 4.69) is 10.0 Å². The Morgan fingerprint density at radius 2 is 2.14 bits per heavy atom. The maximum Gasteiger partial charge on any atom is 0.240 e. The highest BCUT2D eigenvalue weighted by molar-refractivity contribution is 7.89. The number of carbonyl (C=O) groups is 1. The number of ether oxygens (including phenoxy) is 1.